The number of unbranched alkanes of at least 4 members (excludes halogenated alkanes) is 13. The fourth-order valence-corrected chi connectivity index (χ4v) is 3.71. The molecular formula is C27H48N2O2. The second kappa shape index (κ2) is 20.4. The summed E-state index contributed by atoms with van der Waals surface area (Å²) in [7, 11) is 0. The minimum absolute atomic E-state index is 0.00703. The van der Waals surface area contributed by atoms with Gasteiger partial charge in [-0.05, 0) is 43.7 Å². The Morgan fingerprint density at radius 1 is 0.710 bits per heavy atom. The zero-order chi connectivity index (χ0) is 22.4. The first-order valence-electron chi connectivity index (χ1n) is 13.0. The molecule has 1 aromatic carbocycles. The Morgan fingerprint density at radius 2 is 1.23 bits per heavy atom. The lowest BCUT2D eigenvalue weighted by molar-refractivity contribution is -0.115. The van der Waals surface area contributed by atoms with E-state index in [0.717, 1.165) is 37.4 Å². The van der Waals surface area contributed by atoms with Gasteiger partial charge >= 0.3 is 0 Å². The Balaban J connectivity index is 1.86. The molecule has 178 valence electrons. The Labute approximate surface area is 191 Å². The zero-order valence-corrected chi connectivity index (χ0v) is 20.4. The zero-order valence-electron chi connectivity index (χ0n) is 20.4. The Hall–Kier alpha value is -1.55. The molecule has 1 aromatic rings. The molecule has 0 atom stereocenters. The van der Waals surface area contributed by atoms with Gasteiger partial charge in [0.05, 0.1) is 13.2 Å². The van der Waals surface area contributed by atoms with Gasteiger partial charge in [-0.25, -0.2) is 0 Å². The number of hydrogen-bond donors (Lipinski definition) is 2. The van der Waals surface area contributed by atoms with Crippen molar-refractivity contribution in [1.29, 1.82) is 0 Å². The molecule has 0 fully saturated rings. The van der Waals surface area contributed by atoms with E-state index in [9.17, 15) is 4.79 Å². The van der Waals surface area contributed by atoms with Gasteiger partial charge in [-0.15, -0.1) is 0 Å². The highest BCUT2D eigenvalue weighted by atomic mass is 16.5. The minimum Gasteiger partial charge on any atom is -0.494 e. The molecule has 1 rings (SSSR count). The van der Waals surface area contributed by atoms with E-state index in [1.807, 2.05) is 24.3 Å². The molecule has 0 radical (unpaired) electrons. The van der Waals surface area contributed by atoms with Crippen LogP contribution >= 0.6 is 0 Å². The van der Waals surface area contributed by atoms with Gasteiger partial charge in [0.25, 0.3) is 0 Å². The van der Waals surface area contributed by atoms with Gasteiger partial charge in [-0.3, -0.25) is 4.79 Å². The first-order chi connectivity index (χ1) is 15.3. The molecule has 0 unspecified atom stereocenters. The third-order valence-corrected chi connectivity index (χ3v) is 5.60. The predicted octanol–water partition coefficient (Wildman–Crippen LogP) is 7.48. The van der Waals surface area contributed by atoms with Gasteiger partial charge in [-0.1, -0.05) is 97.3 Å². The van der Waals surface area contributed by atoms with Crippen LogP contribution in [0.3, 0.4) is 0 Å². The number of amides is 1. The quantitative estimate of drug-likeness (QED) is 0.198. The lowest BCUT2D eigenvalue weighted by Crippen LogP contribution is -2.28. The van der Waals surface area contributed by atoms with E-state index >= 15 is 0 Å². The number of carbonyl (C=O) groups excluding carboxylic acids is 1. The molecule has 0 aromatic heterocycles. The van der Waals surface area contributed by atoms with Crippen molar-refractivity contribution in [2.24, 2.45) is 0 Å². The third kappa shape index (κ3) is 16.8. The summed E-state index contributed by atoms with van der Waals surface area (Å²) < 4.78 is 5.55. The first kappa shape index (κ1) is 27.5. The molecule has 31 heavy (non-hydrogen) atoms. The largest absolute Gasteiger partial charge is 0.494 e. The van der Waals surface area contributed by atoms with Crippen molar-refractivity contribution in [2.75, 3.05) is 25.0 Å². The average molecular weight is 433 g/mol. The fourth-order valence-electron chi connectivity index (χ4n) is 3.71. The summed E-state index contributed by atoms with van der Waals surface area (Å²) in [5.74, 6) is 0.850. The van der Waals surface area contributed by atoms with Crippen molar-refractivity contribution in [1.82, 2.24) is 5.32 Å². The summed E-state index contributed by atoms with van der Waals surface area (Å²) in [5.41, 5.74) is 0.812. The number of anilines is 1. The highest BCUT2D eigenvalue weighted by Gasteiger charge is 2.02. The van der Waals surface area contributed by atoms with Crippen LogP contribution in [0.1, 0.15) is 110 Å². The summed E-state index contributed by atoms with van der Waals surface area (Å²) in [5, 5.41) is 6.17. The summed E-state index contributed by atoms with van der Waals surface area (Å²) in [6.45, 7) is 6.36. The maximum absolute atomic E-state index is 12.0. The molecule has 0 saturated carbocycles. The van der Waals surface area contributed by atoms with Gasteiger partial charge < -0.3 is 15.4 Å². The molecule has 2 N–H and O–H groups in total. The van der Waals surface area contributed by atoms with Crippen molar-refractivity contribution >= 4 is 11.6 Å². The Bertz CT molecular complexity index is 531. The van der Waals surface area contributed by atoms with Crippen molar-refractivity contribution in [3.8, 4) is 5.75 Å². The summed E-state index contributed by atoms with van der Waals surface area (Å²) in [4.78, 5) is 12.0. The second-order valence-electron chi connectivity index (χ2n) is 8.69. The molecule has 0 bridgehead atoms. The first-order valence-corrected chi connectivity index (χ1v) is 13.0. The van der Waals surface area contributed by atoms with Crippen LogP contribution in [0.2, 0.25) is 0 Å². The highest BCUT2D eigenvalue weighted by Crippen LogP contribution is 2.16. The van der Waals surface area contributed by atoms with Crippen LogP contribution < -0.4 is 15.4 Å². The molecule has 1 amide bonds. The normalized spacial score (nSPS) is 10.9. The molecular weight excluding hydrogens is 384 g/mol. The van der Waals surface area contributed by atoms with E-state index in [-0.39, 0.29) is 5.91 Å². The maximum Gasteiger partial charge on any atom is 0.238 e. The fraction of sp³-hybridized carbons (Fsp3) is 0.741. The molecule has 0 aliphatic carbocycles. The van der Waals surface area contributed by atoms with Crippen molar-refractivity contribution in [2.45, 2.75) is 110 Å². The van der Waals surface area contributed by atoms with Crippen molar-refractivity contribution < 1.29 is 9.53 Å². The van der Waals surface area contributed by atoms with Gasteiger partial charge in [0.15, 0.2) is 0 Å². The highest BCUT2D eigenvalue weighted by molar-refractivity contribution is 5.92. The van der Waals surface area contributed by atoms with Crippen LogP contribution in [0, 0.1) is 0 Å². The summed E-state index contributed by atoms with van der Waals surface area (Å²) in [6, 6.07) is 7.56. The van der Waals surface area contributed by atoms with Gasteiger partial charge in [0, 0.05) is 5.69 Å². The van der Waals surface area contributed by atoms with Crippen LogP contribution in [0.4, 0.5) is 5.69 Å². The third-order valence-electron chi connectivity index (χ3n) is 5.60. The Morgan fingerprint density at radius 3 is 1.74 bits per heavy atom. The minimum atomic E-state index is 0.00703. The standard InChI is InChI=1S/C27H48N2O2/c1-3-5-6-7-8-9-10-11-12-13-14-15-16-17-22-28-24-27(30)29-25-18-20-26(21-19-25)31-23-4-2/h18-21,28H,3-17,22-24H2,1-2H3,(H,29,30). The molecule has 0 aliphatic rings. The van der Waals surface area contributed by atoms with E-state index < -0.39 is 0 Å². The van der Waals surface area contributed by atoms with Gasteiger partial charge in [0.1, 0.15) is 5.75 Å². The van der Waals surface area contributed by atoms with Crippen LogP contribution in [-0.2, 0) is 4.79 Å². The van der Waals surface area contributed by atoms with E-state index in [4.69, 9.17) is 4.74 Å². The number of carbonyl (C=O) groups is 1. The van der Waals surface area contributed by atoms with Crippen LogP contribution in [-0.4, -0.2) is 25.6 Å². The van der Waals surface area contributed by atoms with Crippen LogP contribution in [0.15, 0.2) is 24.3 Å². The van der Waals surface area contributed by atoms with Crippen molar-refractivity contribution in [3.05, 3.63) is 24.3 Å². The predicted molar refractivity (Wildman–Crippen MR) is 134 cm³/mol. The average Bonchev–Trinajstić information content (AvgIpc) is 2.78. The van der Waals surface area contributed by atoms with E-state index in [1.54, 1.807) is 0 Å². The molecule has 0 heterocycles. The van der Waals surface area contributed by atoms with Crippen LogP contribution in [0.25, 0.3) is 0 Å². The Kier molecular flexibility index (Phi) is 18.0. The lowest BCUT2D eigenvalue weighted by Gasteiger charge is -2.08. The molecule has 0 aliphatic heterocycles. The smallest absolute Gasteiger partial charge is 0.238 e. The number of rotatable bonds is 21. The SMILES string of the molecule is CCCCCCCCCCCCCCCCNCC(=O)Nc1ccc(OCCC)cc1. The van der Waals surface area contributed by atoms with Gasteiger partial charge in [0.2, 0.25) is 5.91 Å². The monoisotopic (exact) mass is 432 g/mol. The molecule has 4 nitrogen and oxygen atoms in total. The number of hydrogen-bond acceptors (Lipinski definition) is 3. The molecule has 0 saturated heterocycles. The lowest BCUT2D eigenvalue weighted by atomic mass is 10.0. The molecule has 4 heteroatoms. The number of nitrogens with one attached hydrogen (secondary N) is 2. The van der Waals surface area contributed by atoms with Crippen LogP contribution in [0.5, 0.6) is 5.75 Å². The number of ether oxygens (including phenoxy) is 1. The van der Waals surface area contributed by atoms with Gasteiger partial charge in [-0.2, -0.15) is 0 Å². The number of benzene rings is 1. The van der Waals surface area contributed by atoms with E-state index in [2.05, 4.69) is 24.5 Å². The summed E-state index contributed by atoms with van der Waals surface area (Å²) >= 11 is 0. The second-order valence-corrected chi connectivity index (χ2v) is 8.69. The molecule has 0 spiro atoms. The van der Waals surface area contributed by atoms with E-state index in [1.165, 1.54) is 83.5 Å². The van der Waals surface area contributed by atoms with Crippen molar-refractivity contribution in [3.63, 3.8) is 0 Å². The summed E-state index contributed by atoms with van der Waals surface area (Å²) in [6.07, 6.45) is 20.2. The maximum atomic E-state index is 12.0. The van der Waals surface area contributed by atoms with E-state index in [0.29, 0.717) is 6.54 Å². The topological polar surface area (TPSA) is 50.4 Å².